The first kappa shape index (κ1) is 15.6. The van der Waals surface area contributed by atoms with Crippen molar-refractivity contribution < 1.29 is 16.8 Å². The Balaban J connectivity index is 2.38. The average molecular weight is 339 g/mol. The summed E-state index contributed by atoms with van der Waals surface area (Å²) in [5, 5.41) is 0.156. The van der Waals surface area contributed by atoms with E-state index in [9.17, 15) is 16.8 Å². The first-order valence-electron chi connectivity index (χ1n) is 5.91. The van der Waals surface area contributed by atoms with Gasteiger partial charge in [0.2, 0.25) is 10.0 Å². The second kappa shape index (κ2) is 5.18. The van der Waals surface area contributed by atoms with E-state index in [0.717, 1.165) is 0 Å². The van der Waals surface area contributed by atoms with E-state index in [4.69, 9.17) is 17.3 Å². The van der Waals surface area contributed by atoms with Crippen LogP contribution in [0.25, 0.3) is 0 Å². The summed E-state index contributed by atoms with van der Waals surface area (Å²) in [6, 6.07) is 3.46. The molecule has 9 heteroatoms. The Labute approximate surface area is 123 Å². The van der Waals surface area contributed by atoms with Crippen molar-refractivity contribution >= 4 is 37.1 Å². The lowest BCUT2D eigenvalue weighted by atomic mass is 10.3. The summed E-state index contributed by atoms with van der Waals surface area (Å²) in [6.07, 6.45) is 0. The standard InChI is InChI=1S/C11H15ClN2O4S2/c1-8-7-19(15,16)5-4-14(8)20(17,18)9-2-3-11(13)10(12)6-9/h2-3,6,8H,4-5,7,13H2,1H3. The summed E-state index contributed by atoms with van der Waals surface area (Å²) < 4.78 is 49.2. The molecule has 0 aromatic heterocycles. The lowest BCUT2D eigenvalue weighted by Gasteiger charge is -2.32. The third kappa shape index (κ3) is 2.93. The van der Waals surface area contributed by atoms with Crippen molar-refractivity contribution in [1.29, 1.82) is 0 Å². The molecule has 2 rings (SSSR count). The topological polar surface area (TPSA) is 97.5 Å². The fourth-order valence-corrected chi connectivity index (χ4v) is 5.81. The van der Waals surface area contributed by atoms with Crippen LogP contribution in [-0.2, 0) is 19.9 Å². The Morgan fingerprint density at radius 3 is 2.60 bits per heavy atom. The second-order valence-electron chi connectivity index (χ2n) is 4.76. The zero-order valence-corrected chi connectivity index (χ0v) is 13.2. The van der Waals surface area contributed by atoms with Crippen molar-refractivity contribution in [1.82, 2.24) is 4.31 Å². The van der Waals surface area contributed by atoms with Crippen molar-refractivity contribution in [3.63, 3.8) is 0 Å². The number of rotatable bonds is 2. The molecule has 1 aromatic rings. The van der Waals surface area contributed by atoms with Gasteiger partial charge in [-0.05, 0) is 25.1 Å². The summed E-state index contributed by atoms with van der Waals surface area (Å²) in [6.45, 7) is 1.53. The number of nitrogen functional groups attached to an aromatic ring is 1. The highest BCUT2D eigenvalue weighted by Gasteiger charge is 2.36. The van der Waals surface area contributed by atoms with Gasteiger partial charge in [-0.1, -0.05) is 11.6 Å². The molecular formula is C11H15ClN2O4S2. The van der Waals surface area contributed by atoms with Gasteiger partial charge in [-0.2, -0.15) is 4.31 Å². The Hall–Kier alpha value is -0.830. The molecule has 1 atom stereocenters. The van der Waals surface area contributed by atoms with E-state index in [1.165, 1.54) is 22.5 Å². The van der Waals surface area contributed by atoms with E-state index in [2.05, 4.69) is 0 Å². The van der Waals surface area contributed by atoms with Gasteiger partial charge in [-0.15, -0.1) is 0 Å². The van der Waals surface area contributed by atoms with Crippen LogP contribution in [-0.4, -0.2) is 45.2 Å². The quantitative estimate of drug-likeness (QED) is 0.802. The number of nitrogens with two attached hydrogens (primary N) is 1. The van der Waals surface area contributed by atoms with Gasteiger partial charge >= 0.3 is 0 Å². The zero-order chi connectivity index (χ0) is 15.1. The minimum absolute atomic E-state index is 0.0165. The average Bonchev–Trinajstić information content (AvgIpc) is 2.30. The smallest absolute Gasteiger partial charge is 0.243 e. The maximum atomic E-state index is 12.5. The summed E-state index contributed by atoms with van der Waals surface area (Å²) >= 11 is 5.84. The molecule has 1 aliphatic rings. The number of nitrogens with zero attached hydrogens (tertiary/aromatic N) is 1. The fourth-order valence-electron chi connectivity index (χ4n) is 2.14. The summed E-state index contributed by atoms with van der Waals surface area (Å²) in [5.74, 6) is -0.339. The lowest BCUT2D eigenvalue weighted by Crippen LogP contribution is -2.49. The lowest BCUT2D eigenvalue weighted by molar-refractivity contribution is 0.357. The number of sulfonamides is 1. The van der Waals surface area contributed by atoms with Crippen molar-refractivity contribution in [2.45, 2.75) is 17.9 Å². The highest BCUT2D eigenvalue weighted by atomic mass is 35.5. The molecular weight excluding hydrogens is 324 g/mol. The molecule has 0 radical (unpaired) electrons. The molecule has 20 heavy (non-hydrogen) atoms. The van der Waals surface area contributed by atoms with Crippen LogP contribution in [0.3, 0.4) is 0 Å². The Bertz CT molecular complexity index is 731. The van der Waals surface area contributed by atoms with E-state index in [0.29, 0.717) is 5.69 Å². The number of benzene rings is 1. The predicted octanol–water partition coefficient (Wildman–Crippen LogP) is 0.730. The van der Waals surface area contributed by atoms with Crippen LogP contribution in [0.2, 0.25) is 5.02 Å². The van der Waals surface area contributed by atoms with Crippen molar-refractivity contribution in [2.75, 3.05) is 23.8 Å². The van der Waals surface area contributed by atoms with Crippen molar-refractivity contribution in [3.05, 3.63) is 23.2 Å². The third-order valence-electron chi connectivity index (χ3n) is 3.19. The molecule has 112 valence electrons. The molecule has 1 fully saturated rings. The molecule has 0 bridgehead atoms. The van der Waals surface area contributed by atoms with Gasteiger partial charge in [0, 0.05) is 12.6 Å². The third-order valence-corrected chi connectivity index (χ3v) is 7.32. The molecule has 0 amide bonds. The van der Waals surface area contributed by atoms with E-state index in [1.807, 2.05) is 0 Å². The molecule has 1 heterocycles. The molecule has 1 aromatic carbocycles. The normalized spacial score (nSPS) is 23.6. The van der Waals surface area contributed by atoms with Crippen LogP contribution in [0.15, 0.2) is 23.1 Å². The van der Waals surface area contributed by atoms with Crippen LogP contribution in [0, 0.1) is 0 Å². The number of hydrogen-bond acceptors (Lipinski definition) is 5. The summed E-state index contributed by atoms with van der Waals surface area (Å²) in [4.78, 5) is 0.0165. The van der Waals surface area contributed by atoms with E-state index < -0.39 is 25.9 Å². The molecule has 1 unspecified atom stereocenters. The Morgan fingerprint density at radius 1 is 1.40 bits per heavy atom. The number of sulfone groups is 1. The van der Waals surface area contributed by atoms with E-state index in [1.54, 1.807) is 6.92 Å². The van der Waals surface area contributed by atoms with Gasteiger partial charge in [0.05, 0.1) is 27.1 Å². The number of anilines is 1. The van der Waals surface area contributed by atoms with Crippen LogP contribution in [0.4, 0.5) is 5.69 Å². The molecule has 0 spiro atoms. The Morgan fingerprint density at radius 2 is 2.05 bits per heavy atom. The van der Waals surface area contributed by atoms with Gasteiger partial charge in [-0.25, -0.2) is 16.8 Å². The molecule has 2 N–H and O–H groups in total. The minimum Gasteiger partial charge on any atom is -0.398 e. The Kier molecular flexibility index (Phi) is 4.03. The first-order chi connectivity index (χ1) is 9.13. The van der Waals surface area contributed by atoms with Gasteiger partial charge in [-0.3, -0.25) is 0 Å². The highest BCUT2D eigenvalue weighted by molar-refractivity contribution is 7.92. The van der Waals surface area contributed by atoms with Crippen LogP contribution < -0.4 is 5.73 Å². The van der Waals surface area contributed by atoms with Gasteiger partial charge in [0.25, 0.3) is 0 Å². The molecule has 1 aliphatic heterocycles. The van der Waals surface area contributed by atoms with E-state index >= 15 is 0 Å². The monoisotopic (exact) mass is 338 g/mol. The predicted molar refractivity (Wildman–Crippen MR) is 77.9 cm³/mol. The van der Waals surface area contributed by atoms with Gasteiger partial charge in [0.1, 0.15) is 0 Å². The number of hydrogen-bond donors (Lipinski definition) is 1. The van der Waals surface area contributed by atoms with Gasteiger partial charge in [0.15, 0.2) is 9.84 Å². The number of halogens is 1. The van der Waals surface area contributed by atoms with Crippen LogP contribution in [0.5, 0.6) is 0 Å². The second-order valence-corrected chi connectivity index (χ2v) is 9.29. The molecule has 0 saturated carbocycles. The maximum Gasteiger partial charge on any atom is 0.243 e. The van der Waals surface area contributed by atoms with E-state index in [-0.39, 0.29) is 28.0 Å². The summed E-state index contributed by atoms with van der Waals surface area (Å²) in [7, 11) is -6.95. The highest BCUT2D eigenvalue weighted by Crippen LogP contribution is 2.27. The van der Waals surface area contributed by atoms with Gasteiger partial charge < -0.3 is 5.73 Å². The van der Waals surface area contributed by atoms with Crippen LogP contribution in [0.1, 0.15) is 6.92 Å². The molecule has 1 saturated heterocycles. The first-order valence-corrected chi connectivity index (χ1v) is 9.55. The molecule has 0 aliphatic carbocycles. The largest absolute Gasteiger partial charge is 0.398 e. The minimum atomic E-state index is -3.77. The van der Waals surface area contributed by atoms with Crippen molar-refractivity contribution in [2.24, 2.45) is 0 Å². The SMILES string of the molecule is CC1CS(=O)(=O)CCN1S(=O)(=O)c1ccc(N)c(Cl)c1. The molecule has 6 nitrogen and oxygen atoms in total. The summed E-state index contributed by atoms with van der Waals surface area (Å²) in [5.41, 5.74) is 5.85. The van der Waals surface area contributed by atoms with Crippen LogP contribution >= 0.6 is 11.6 Å². The fraction of sp³-hybridized carbons (Fsp3) is 0.455. The zero-order valence-electron chi connectivity index (χ0n) is 10.8. The van der Waals surface area contributed by atoms with Crippen molar-refractivity contribution in [3.8, 4) is 0 Å². The maximum absolute atomic E-state index is 12.5.